The van der Waals surface area contributed by atoms with Gasteiger partial charge in [0.1, 0.15) is 5.75 Å². The molecule has 0 unspecified atom stereocenters. The first kappa shape index (κ1) is 14.1. The summed E-state index contributed by atoms with van der Waals surface area (Å²) in [6, 6.07) is 9.06. The van der Waals surface area contributed by atoms with Crippen LogP contribution in [0.3, 0.4) is 0 Å². The van der Waals surface area contributed by atoms with Gasteiger partial charge in [0.15, 0.2) is 0 Å². The largest absolute Gasteiger partial charge is 0.497 e. The number of nitrogens with zero attached hydrogens (tertiary/aromatic N) is 2. The van der Waals surface area contributed by atoms with Gasteiger partial charge in [-0.25, -0.2) is 0 Å². The first-order chi connectivity index (χ1) is 9.60. The number of carbonyl (C=O) groups excluding carboxylic acids is 1. The van der Waals surface area contributed by atoms with Gasteiger partial charge in [-0.15, -0.1) is 0 Å². The van der Waals surface area contributed by atoms with E-state index in [1.54, 1.807) is 31.4 Å². The molecule has 1 N–H and O–H groups in total. The number of methoxy groups -OCH3 is 1. The Bertz CT molecular complexity index is 588. The van der Waals surface area contributed by atoms with Gasteiger partial charge in [0.05, 0.1) is 19.3 Å². The Kier molecular flexibility index (Phi) is 4.40. The van der Waals surface area contributed by atoms with Gasteiger partial charge in [0.25, 0.3) is 5.91 Å². The zero-order valence-corrected chi connectivity index (χ0v) is 12.0. The summed E-state index contributed by atoms with van der Waals surface area (Å²) in [6.07, 6.45) is 0. The fraction of sp³-hybridized carbons (Fsp3) is 0.333. The van der Waals surface area contributed by atoms with Crippen molar-refractivity contribution in [3.8, 4) is 5.75 Å². The highest BCUT2D eigenvalue weighted by atomic mass is 16.5. The van der Waals surface area contributed by atoms with Crippen molar-refractivity contribution in [2.75, 3.05) is 13.7 Å². The van der Waals surface area contributed by atoms with Gasteiger partial charge < -0.3 is 10.1 Å². The monoisotopic (exact) mass is 273 g/mol. The molecule has 5 heteroatoms. The number of hydrogen-bond donors (Lipinski definition) is 1. The molecule has 5 nitrogen and oxygen atoms in total. The van der Waals surface area contributed by atoms with Crippen molar-refractivity contribution in [1.29, 1.82) is 0 Å². The lowest BCUT2D eigenvalue weighted by atomic mass is 10.2. The van der Waals surface area contributed by atoms with Gasteiger partial charge in [0, 0.05) is 17.8 Å². The summed E-state index contributed by atoms with van der Waals surface area (Å²) in [5.74, 6) is 0.651. The summed E-state index contributed by atoms with van der Waals surface area (Å²) in [5, 5.41) is 7.23. The molecule has 0 atom stereocenters. The third-order valence-corrected chi connectivity index (χ3v) is 3.06. The van der Waals surface area contributed by atoms with Gasteiger partial charge in [0.2, 0.25) is 0 Å². The predicted octanol–water partition coefficient (Wildman–Crippen LogP) is 1.94. The molecule has 1 aromatic carbocycles. The molecule has 0 aliphatic rings. The third-order valence-electron chi connectivity index (χ3n) is 3.06. The number of aromatic nitrogens is 2. The third kappa shape index (κ3) is 3.38. The highest BCUT2D eigenvalue weighted by molar-refractivity contribution is 5.94. The molecule has 0 radical (unpaired) electrons. The number of aryl methyl sites for hydroxylation is 2. The smallest absolute Gasteiger partial charge is 0.251 e. The Morgan fingerprint density at radius 2 is 2.00 bits per heavy atom. The Balaban J connectivity index is 1.87. The minimum Gasteiger partial charge on any atom is -0.497 e. The SMILES string of the molecule is COc1ccc(C(=O)NCCn2nc(C)cc2C)cc1. The maximum Gasteiger partial charge on any atom is 0.251 e. The summed E-state index contributed by atoms with van der Waals surface area (Å²) in [7, 11) is 1.60. The van der Waals surface area contributed by atoms with Crippen LogP contribution in [0.2, 0.25) is 0 Å². The molecular weight excluding hydrogens is 254 g/mol. The quantitative estimate of drug-likeness (QED) is 0.905. The standard InChI is InChI=1S/C15H19N3O2/c1-11-10-12(2)18(17-11)9-8-16-15(19)13-4-6-14(20-3)7-5-13/h4-7,10H,8-9H2,1-3H3,(H,16,19). The lowest BCUT2D eigenvalue weighted by molar-refractivity contribution is 0.0952. The zero-order valence-electron chi connectivity index (χ0n) is 12.0. The second kappa shape index (κ2) is 6.23. The van der Waals surface area contributed by atoms with E-state index in [4.69, 9.17) is 4.74 Å². The van der Waals surface area contributed by atoms with Crippen molar-refractivity contribution in [1.82, 2.24) is 15.1 Å². The van der Waals surface area contributed by atoms with E-state index < -0.39 is 0 Å². The van der Waals surface area contributed by atoms with Crippen LogP contribution in [0.5, 0.6) is 5.75 Å². The molecule has 1 amide bonds. The number of nitrogens with one attached hydrogen (secondary N) is 1. The van der Waals surface area contributed by atoms with Crippen LogP contribution in [0.4, 0.5) is 0 Å². The van der Waals surface area contributed by atoms with E-state index in [1.807, 2.05) is 24.6 Å². The molecule has 0 aliphatic heterocycles. The van der Waals surface area contributed by atoms with Crippen molar-refractivity contribution >= 4 is 5.91 Å². The fourth-order valence-electron chi connectivity index (χ4n) is 2.02. The summed E-state index contributed by atoms with van der Waals surface area (Å²) in [5.41, 5.74) is 2.71. The molecule has 0 aliphatic carbocycles. The summed E-state index contributed by atoms with van der Waals surface area (Å²) in [4.78, 5) is 11.9. The van der Waals surface area contributed by atoms with Gasteiger partial charge in [-0.3, -0.25) is 9.48 Å². The van der Waals surface area contributed by atoms with Crippen LogP contribution in [0.15, 0.2) is 30.3 Å². The molecule has 1 heterocycles. The molecule has 2 aromatic rings. The average molecular weight is 273 g/mol. The van der Waals surface area contributed by atoms with E-state index in [-0.39, 0.29) is 5.91 Å². The van der Waals surface area contributed by atoms with Gasteiger partial charge in [-0.1, -0.05) is 0 Å². The zero-order chi connectivity index (χ0) is 14.5. The number of ether oxygens (including phenoxy) is 1. The number of benzene rings is 1. The summed E-state index contributed by atoms with van der Waals surface area (Å²) >= 11 is 0. The fourth-order valence-corrected chi connectivity index (χ4v) is 2.02. The molecule has 0 spiro atoms. The Hall–Kier alpha value is -2.30. The molecule has 0 bridgehead atoms. The topological polar surface area (TPSA) is 56.1 Å². The van der Waals surface area contributed by atoms with Crippen molar-refractivity contribution in [2.24, 2.45) is 0 Å². The molecular formula is C15H19N3O2. The normalized spacial score (nSPS) is 10.3. The molecule has 0 saturated carbocycles. The number of rotatable bonds is 5. The highest BCUT2D eigenvalue weighted by Gasteiger charge is 2.06. The van der Waals surface area contributed by atoms with Crippen molar-refractivity contribution in [2.45, 2.75) is 20.4 Å². The second-order valence-corrected chi connectivity index (χ2v) is 4.63. The molecule has 0 fully saturated rings. The summed E-state index contributed by atoms with van der Waals surface area (Å²) in [6.45, 7) is 5.18. The molecule has 20 heavy (non-hydrogen) atoms. The van der Waals surface area contributed by atoms with Crippen LogP contribution in [-0.2, 0) is 6.54 Å². The van der Waals surface area contributed by atoms with Crippen molar-refractivity contribution in [3.63, 3.8) is 0 Å². The molecule has 0 saturated heterocycles. The van der Waals surface area contributed by atoms with Gasteiger partial charge in [-0.05, 0) is 44.2 Å². The van der Waals surface area contributed by atoms with Crippen LogP contribution in [0.25, 0.3) is 0 Å². The van der Waals surface area contributed by atoms with Crippen LogP contribution >= 0.6 is 0 Å². The lowest BCUT2D eigenvalue weighted by Crippen LogP contribution is -2.27. The number of amides is 1. The van der Waals surface area contributed by atoms with Crippen LogP contribution in [0.1, 0.15) is 21.7 Å². The molecule has 2 rings (SSSR count). The minimum atomic E-state index is -0.0887. The molecule has 1 aromatic heterocycles. The Morgan fingerprint density at radius 3 is 2.55 bits per heavy atom. The van der Waals surface area contributed by atoms with E-state index in [1.165, 1.54) is 0 Å². The predicted molar refractivity (Wildman–Crippen MR) is 77.0 cm³/mol. The van der Waals surface area contributed by atoms with Crippen LogP contribution in [-0.4, -0.2) is 29.3 Å². The average Bonchev–Trinajstić information content (AvgIpc) is 2.77. The van der Waals surface area contributed by atoms with Gasteiger partial charge >= 0.3 is 0 Å². The summed E-state index contributed by atoms with van der Waals surface area (Å²) < 4.78 is 6.95. The number of carbonyl (C=O) groups is 1. The second-order valence-electron chi connectivity index (χ2n) is 4.63. The van der Waals surface area contributed by atoms with E-state index in [9.17, 15) is 4.79 Å². The van der Waals surface area contributed by atoms with Crippen LogP contribution in [0, 0.1) is 13.8 Å². The highest BCUT2D eigenvalue weighted by Crippen LogP contribution is 2.11. The Labute approximate surface area is 118 Å². The first-order valence-electron chi connectivity index (χ1n) is 6.53. The number of hydrogen-bond acceptors (Lipinski definition) is 3. The van der Waals surface area contributed by atoms with Crippen molar-refractivity contribution < 1.29 is 9.53 Å². The molecule has 106 valence electrons. The maximum atomic E-state index is 11.9. The van der Waals surface area contributed by atoms with E-state index in [2.05, 4.69) is 10.4 Å². The first-order valence-corrected chi connectivity index (χ1v) is 6.53. The van der Waals surface area contributed by atoms with Crippen molar-refractivity contribution in [3.05, 3.63) is 47.3 Å². The van der Waals surface area contributed by atoms with E-state index in [0.29, 0.717) is 18.7 Å². The van der Waals surface area contributed by atoms with Gasteiger partial charge in [-0.2, -0.15) is 5.10 Å². The Morgan fingerprint density at radius 1 is 1.30 bits per heavy atom. The van der Waals surface area contributed by atoms with E-state index >= 15 is 0 Å². The van der Waals surface area contributed by atoms with E-state index in [0.717, 1.165) is 17.1 Å². The lowest BCUT2D eigenvalue weighted by Gasteiger charge is -2.07. The van der Waals surface area contributed by atoms with Crippen LogP contribution < -0.4 is 10.1 Å². The minimum absolute atomic E-state index is 0.0887. The maximum absolute atomic E-state index is 11.9.